The molecule has 0 aromatic carbocycles. The number of nitrogens with two attached hydrogens (primary N) is 1. The van der Waals surface area contributed by atoms with Gasteiger partial charge in [0, 0.05) is 6.42 Å². The zero-order valence-corrected chi connectivity index (χ0v) is 7.88. The maximum Gasteiger partial charge on any atom is 0.234 e. The molecule has 0 aliphatic carbocycles. The summed E-state index contributed by atoms with van der Waals surface area (Å²) < 4.78 is 0. The fraction of sp³-hybridized carbons (Fsp3) is 0.625. The third kappa shape index (κ3) is 8.49. The molecule has 0 aliphatic rings. The van der Waals surface area contributed by atoms with Crippen LogP contribution in [-0.4, -0.2) is 31.4 Å². The Balaban J connectivity index is 3.24. The van der Waals surface area contributed by atoms with Crippen LogP contribution in [0.5, 0.6) is 0 Å². The molecule has 78 valence electrons. The number of carbonyl (C=O) groups excluding carboxylic acids is 2. The molecule has 0 aromatic heterocycles. The Labute approximate surface area is 82.4 Å². The fourth-order valence-corrected chi connectivity index (χ4v) is 0.790. The molecule has 0 saturated carbocycles. The minimum Gasteiger partial charge on any atom is -0.370 e. The average molecular weight is 198 g/mol. The van der Waals surface area contributed by atoms with Crippen LogP contribution in [0.4, 0.5) is 0 Å². The molecule has 0 bridgehead atoms. The van der Waals surface area contributed by atoms with Gasteiger partial charge in [0.25, 0.3) is 0 Å². The van der Waals surface area contributed by atoms with Gasteiger partial charge in [-0.2, -0.15) is 5.26 Å². The molecule has 0 atom stereocenters. The lowest BCUT2D eigenvalue weighted by Crippen LogP contribution is -2.34. The highest BCUT2D eigenvalue weighted by Crippen LogP contribution is 1.83. The van der Waals surface area contributed by atoms with E-state index in [9.17, 15) is 9.59 Å². The van der Waals surface area contributed by atoms with Gasteiger partial charge in [0.1, 0.15) is 6.54 Å². The molecule has 0 aliphatic heterocycles. The summed E-state index contributed by atoms with van der Waals surface area (Å²) in [5.41, 5.74) is 4.92. The van der Waals surface area contributed by atoms with Crippen molar-refractivity contribution in [2.75, 3.05) is 19.6 Å². The summed E-state index contributed by atoms with van der Waals surface area (Å²) in [7, 11) is 0. The first kappa shape index (κ1) is 12.4. The highest BCUT2D eigenvalue weighted by Gasteiger charge is 1.99. The lowest BCUT2D eigenvalue weighted by molar-refractivity contribution is -0.120. The number of nitrogens with one attached hydrogen (secondary N) is 2. The van der Waals surface area contributed by atoms with Crippen molar-refractivity contribution in [1.82, 2.24) is 10.6 Å². The van der Waals surface area contributed by atoms with E-state index in [-0.39, 0.29) is 24.9 Å². The molecule has 0 aromatic rings. The van der Waals surface area contributed by atoms with Gasteiger partial charge in [-0.15, -0.1) is 0 Å². The van der Waals surface area contributed by atoms with Gasteiger partial charge in [-0.05, 0) is 13.0 Å². The number of rotatable bonds is 7. The van der Waals surface area contributed by atoms with Gasteiger partial charge in [0.15, 0.2) is 0 Å². The van der Waals surface area contributed by atoms with Gasteiger partial charge in [-0.3, -0.25) is 9.59 Å². The number of hydrogen-bond donors (Lipinski definition) is 3. The van der Waals surface area contributed by atoms with E-state index in [4.69, 9.17) is 11.0 Å². The van der Waals surface area contributed by atoms with Gasteiger partial charge >= 0.3 is 0 Å². The van der Waals surface area contributed by atoms with Crippen LogP contribution in [0.3, 0.4) is 0 Å². The van der Waals surface area contributed by atoms with Crippen molar-refractivity contribution < 1.29 is 9.59 Å². The van der Waals surface area contributed by atoms with Crippen LogP contribution in [0.25, 0.3) is 0 Å². The minimum atomic E-state index is -0.347. The lowest BCUT2D eigenvalue weighted by Gasteiger charge is -2.02. The molecule has 14 heavy (non-hydrogen) atoms. The number of primary amides is 1. The van der Waals surface area contributed by atoms with Gasteiger partial charge in [-0.1, -0.05) is 0 Å². The molecule has 0 rings (SSSR count). The number of amides is 2. The fourth-order valence-electron chi connectivity index (χ4n) is 0.790. The van der Waals surface area contributed by atoms with Crippen LogP contribution >= 0.6 is 0 Å². The summed E-state index contributed by atoms with van der Waals surface area (Å²) in [4.78, 5) is 21.2. The molecule has 0 fully saturated rings. The van der Waals surface area contributed by atoms with Crippen LogP contribution in [0.2, 0.25) is 0 Å². The Kier molecular flexibility index (Phi) is 7.09. The molecule has 2 amide bonds. The zero-order valence-electron chi connectivity index (χ0n) is 7.88. The van der Waals surface area contributed by atoms with Gasteiger partial charge in [-0.25, -0.2) is 0 Å². The molecule has 0 radical (unpaired) electrons. The molecule has 6 nitrogen and oxygen atoms in total. The number of nitrogens with zero attached hydrogens (tertiary/aromatic N) is 1. The van der Waals surface area contributed by atoms with Crippen molar-refractivity contribution in [2.24, 2.45) is 5.73 Å². The van der Waals surface area contributed by atoms with Crippen LogP contribution in [0.15, 0.2) is 0 Å². The summed E-state index contributed by atoms with van der Waals surface area (Å²) in [6.45, 7) is 0.727. The predicted molar refractivity (Wildman–Crippen MR) is 49.9 cm³/mol. The Morgan fingerprint density at radius 1 is 1.43 bits per heavy atom. The van der Waals surface area contributed by atoms with Gasteiger partial charge in [0.05, 0.1) is 12.6 Å². The number of carbonyl (C=O) groups is 2. The number of nitriles is 1. The summed E-state index contributed by atoms with van der Waals surface area (Å²) >= 11 is 0. The lowest BCUT2D eigenvalue weighted by atomic mass is 10.3. The summed E-state index contributed by atoms with van der Waals surface area (Å²) in [5.74, 6) is -0.577. The van der Waals surface area contributed by atoms with E-state index in [1.807, 2.05) is 0 Å². The first-order valence-electron chi connectivity index (χ1n) is 4.29. The summed E-state index contributed by atoms with van der Waals surface area (Å²) in [6.07, 6.45) is 0.924. The van der Waals surface area contributed by atoms with E-state index in [1.54, 1.807) is 6.07 Å². The standard InChI is InChI=1S/C8H14N4O2/c9-3-5-12-8(14)6-11-4-1-2-7(10)13/h11H,1-2,4-6H2,(H2,10,13)(H,12,14). The van der Waals surface area contributed by atoms with Gasteiger partial charge < -0.3 is 16.4 Å². The highest BCUT2D eigenvalue weighted by molar-refractivity contribution is 5.78. The van der Waals surface area contributed by atoms with Gasteiger partial charge in [0.2, 0.25) is 11.8 Å². The Hall–Kier alpha value is -1.61. The maximum atomic E-state index is 10.9. The second-order valence-corrected chi connectivity index (χ2v) is 2.68. The van der Waals surface area contributed by atoms with Crippen molar-refractivity contribution in [3.63, 3.8) is 0 Å². The van der Waals surface area contributed by atoms with E-state index in [2.05, 4.69) is 10.6 Å². The van der Waals surface area contributed by atoms with E-state index in [1.165, 1.54) is 0 Å². The maximum absolute atomic E-state index is 10.9. The molecule has 4 N–H and O–H groups in total. The third-order valence-corrected chi connectivity index (χ3v) is 1.43. The second kappa shape index (κ2) is 8.01. The average Bonchev–Trinajstić information content (AvgIpc) is 2.13. The van der Waals surface area contributed by atoms with Crippen molar-refractivity contribution >= 4 is 11.8 Å². The molecular weight excluding hydrogens is 184 g/mol. The quantitative estimate of drug-likeness (QED) is 0.341. The van der Waals surface area contributed by atoms with Crippen LogP contribution in [-0.2, 0) is 9.59 Å². The Bertz CT molecular complexity index is 234. The van der Waals surface area contributed by atoms with Crippen LogP contribution in [0.1, 0.15) is 12.8 Å². The predicted octanol–water partition coefficient (Wildman–Crippen LogP) is -1.52. The smallest absolute Gasteiger partial charge is 0.234 e. The molecular formula is C8H14N4O2. The molecule has 0 unspecified atom stereocenters. The highest BCUT2D eigenvalue weighted by atomic mass is 16.2. The second-order valence-electron chi connectivity index (χ2n) is 2.68. The monoisotopic (exact) mass is 198 g/mol. The van der Waals surface area contributed by atoms with E-state index < -0.39 is 0 Å². The Morgan fingerprint density at radius 3 is 2.71 bits per heavy atom. The largest absolute Gasteiger partial charge is 0.370 e. The molecule has 6 heteroatoms. The normalized spacial score (nSPS) is 9.07. The summed E-state index contributed by atoms with van der Waals surface area (Å²) in [5, 5.41) is 13.3. The van der Waals surface area contributed by atoms with Crippen molar-refractivity contribution in [1.29, 1.82) is 5.26 Å². The SMILES string of the molecule is N#CCNC(=O)CNCCCC(N)=O. The van der Waals surface area contributed by atoms with E-state index >= 15 is 0 Å². The minimum absolute atomic E-state index is 0.0157. The van der Waals surface area contributed by atoms with Crippen molar-refractivity contribution in [3.8, 4) is 6.07 Å². The van der Waals surface area contributed by atoms with Crippen LogP contribution < -0.4 is 16.4 Å². The molecule has 0 spiro atoms. The third-order valence-electron chi connectivity index (χ3n) is 1.43. The van der Waals surface area contributed by atoms with Crippen molar-refractivity contribution in [3.05, 3.63) is 0 Å². The summed E-state index contributed by atoms with van der Waals surface area (Å²) in [6, 6.07) is 1.79. The number of hydrogen-bond acceptors (Lipinski definition) is 4. The zero-order chi connectivity index (χ0) is 10.8. The van der Waals surface area contributed by atoms with Crippen LogP contribution in [0, 0.1) is 11.3 Å². The molecule has 0 heterocycles. The van der Waals surface area contributed by atoms with E-state index in [0.717, 1.165) is 0 Å². The topological polar surface area (TPSA) is 108 Å². The first-order chi connectivity index (χ1) is 6.66. The van der Waals surface area contributed by atoms with Crippen molar-refractivity contribution in [2.45, 2.75) is 12.8 Å². The Morgan fingerprint density at radius 2 is 2.14 bits per heavy atom. The first-order valence-corrected chi connectivity index (χ1v) is 4.29. The van der Waals surface area contributed by atoms with E-state index in [0.29, 0.717) is 19.4 Å². The molecule has 0 saturated heterocycles.